The first kappa shape index (κ1) is 14.8. The molecule has 0 spiro atoms. The van der Waals surface area contributed by atoms with Crippen molar-refractivity contribution < 1.29 is 4.74 Å². The molecule has 0 atom stereocenters. The van der Waals surface area contributed by atoms with Crippen molar-refractivity contribution in [1.82, 2.24) is 0 Å². The molecule has 0 radical (unpaired) electrons. The molecule has 1 aromatic rings. The van der Waals surface area contributed by atoms with Gasteiger partial charge in [0.1, 0.15) is 0 Å². The van der Waals surface area contributed by atoms with E-state index in [1.807, 2.05) is 33.0 Å². The molecule has 0 N–H and O–H groups in total. The van der Waals surface area contributed by atoms with Gasteiger partial charge in [-0.15, -0.1) is 0 Å². The van der Waals surface area contributed by atoms with E-state index in [0.29, 0.717) is 6.61 Å². The highest BCUT2D eigenvalue weighted by atomic mass is 79.9. The third-order valence-corrected chi connectivity index (χ3v) is 3.38. The van der Waals surface area contributed by atoms with Crippen molar-refractivity contribution in [3.05, 3.63) is 28.8 Å². The summed E-state index contributed by atoms with van der Waals surface area (Å²) in [5, 5.41) is 1.59. The smallest absolute Gasteiger partial charge is 0.0644 e. The van der Waals surface area contributed by atoms with Crippen LogP contribution in [0.25, 0.3) is 0 Å². The topological polar surface area (TPSA) is 12.5 Å². The van der Waals surface area contributed by atoms with Gasteiger partial charge in [-0.25, -0.2) is 0 Å². The third kappa shape index (κ3) is 4.49. The van der Waals surface area contributed by atoms with E-state index in [0.717, 1.165) is 22.6 Å². The molecule has 2 nitrogen and oxygen atoms in total. The number of nitrogens with zero attached hydrogens (tertiary/aromatic N) is 1. The lowest BCUT2D eigenvalue weighted by Crippen LogP contribution is -2.25. The van der Waals surface area contributed by atoms with Crippen molar-refractivity contribution in [1.29, 1.82) is 0 Å². The summed E-state index contributed by atoms with van der Waals surface area (Å²) in [5.74, 6) is 0. The van der Waals surface area contributed by atoms with Gasteiger partial charge < -0.3 is 9.64 Å². The maximum Gasteiger partial charge on any atom is 0.0644 e. The minimum atomic E-state index is 0.269. The zero-order valence-electron chi connectivity index (χ0n) is 10.5. The Kier molecular flexibility index (Phi) is 6.31. The largest absolute Gasteiger partial charge is 0.377 e. The minimum Gasteiger partial charge on any atom is -0.377 e. The fourth-order valence-electron chi connectivity index (χ4n) is 1.63. The number of para-hydroxylation sites is 1. The zero-order valence-corrected chi connectivity index (χ0v) is 12.9. The van der Waals surface area contributed by atoms with Crippen LogP contribution in [0.5, 0.6) is 0 Å². The molecule has 0 aliphatic carbocycles. The second-order valence-corrected chi connectivity index (χ2v) is 5.19. The number of alkyl halides is 1. The molecule has 1 aromatic carbocycles. The van der Waals surface area contributed by atoms with Crippen LogP contribution in [0, 0.1) is 0 Å². The van der Waals surface area contributed by atoms with Crippen LogP contribution in [0.3, 0.4) is 0 Å². The Hall–Kier alpha value is -0.250. The fraction of sp³-hybridized carbons (Fsp3) is 0.538. The van der Waals surface area contributed by atoms with Crippen molar-refractivity contribution >= 4 is 33.2 Å². The number of halogens is 2. The Bertz CT molecular complexity index is 357. The summed E-state index contributed by atoms with van der Waals surface area (Å²) >= 11 is 9.73. The average Bonchev–Trinajstić information content (AvgIpc) is 2.27. The minimum absolute atomic E-state index is 0.269. The number of hydrogen-bond donors (Lipinski definition) is 0. The lowest BCUT2D eigenvalue weighted by atomic mass is 10.2. The van der Waals surface area contributed by atoms with E-state index >= 15 is 0 Å². The van der Waals surface area contributed by atoms with Crippen LogP contribution in [-0.4, -0.2) is 26.3 Å². The van der Waals surface area contributed by atoms with E-state index in [4.69, 9.17) is 16.3 Å². The summed E-state index contributed by atoms with van der Waals surface area (Å²) in [7, 11) is 2.04. The molecule has 0 unspecified atom stereocenters. The van der Waals surface area contributed by atoms with Gasteiger partial charge in [-0.1, -0.05) is 39.7 Å². The molecule has 1 rings (SSSR count). The summed E-state index contributed by atoms with van der Waals surface area (Å²) in [5.41, 5.74) is 2.28. The van der Waals surface area contributed by atoms with E-state index in [2.05, 4.69) is 26.9 Å². The monoisotopic (exact) mass is 319 g/mol. The van der Waals surface area contributed by atoms with Gasteiger partial charge in [-0.2, -0.15) is 0 Å². The molecule has 0 aliphatic rings. The van der Waals surface area contributed by atoms with Crippen LogP contribution >= 0.6 is 27.5 Å². The van der Waals surface area contributed by atoms with Crippen molar-refractivity contribution in [3.63, 3.8) is 0 Å². The molecule has 0 fully saturated rings. The average molecular weight is 321 g/mol. The molecule has 0 saturated carbocycles. The number of ether oxygens (including phenoxy) is 1. The molecule has 17 heavy (non-hydrogen) atoms. The van der Waals surface area contributed by atoms with E-state index in [1.54, 1.807) is 0 Å². The number of likely N-dealkylation sites (N-methyl/N-ethyl adjacent to an activating group) is 1. The Morgan fingerprint density at radius 1 is 1.41 bits per heavy atom. The third-order valence-electron chi connectivity index (χ3n) is 2.47. The molecule has 0 bridgehead atoms. The summed E-state index contributed by atoms with van der Waals surface area (Å²) in [6.45, 7) is 5.63. The van der Waals surface area contributed by atoms with Gasteiger partial charge in [-0.05, 0) is 25.5 Å². The molecule has 0 aliphatic heterocycles. The Labute approximate surface area is 117 Å². The van der Waals surface area contributed by atoms with E-state index < -0.39 is 0 Å². The maximum atomic E-state index is 6.24. The predicted octanol–water partition coefficient (Wildman–Crippen LogP) is 4.10. The molecule has 4 heteroatoms. The summed E-state index contributed by atoms with van der Waals surface area (Å²) in [6.07, 6.45) is 0.269. The lowest BCUT2D eigenvalue weighted by Gasteiger charge is -2.23. The Morgan fingerprint density at radius 3 is 2.71 bits per heavy atom. The first-order valence-corrected chi connectivity index (χ1v) is 7.22. The summed E-state index contributed by atoms with van der Waals surface area (Å²) < 4.78 is 5.55. The van der Waals surface area contributed by atoms with Gasteiger partial charge in [-0.3, -0.25) is 0 Å². The van der Waals surface area contributed by atoms with Gasteiger partial charge >= 0.3 is 0 Å². The second kappa shape index (κ2) is 7.24. The molecular formula is C13H19BrClNO. The lowest BCUT2D eigenvalue weighted by molar-refractivity contribution is 0.0846. The number of hydrogen-bond acceptors (Lipinski definition) is 2. The highest BCUT2D eigenvalue weighted by molar-refractivity contribution is 9.08. The number of anilines is 1. The van der Waals surface area contributed by atoms with Crippen molar-refractivity contribution in [3.8, 4) is 0 Å². The van der Waals surface area contributed by atoms with Crippen LogP contribution in [0.15, 0.2) is 18.2 Å². The van der Waals surface area contributed by atoms with E-state index in [-0.39, 0.29) is 6.10 Å². The normalized spacial score (nSPS) is 10.9. The van der Waals surface area contributed by atoms with Crippen LogP contribution in [0.1, 0.15) is 19.4 Å². The fourth-order valence-corrected chi connectivity index (χ4v) is 2.42. The molecule has 96 valence electrons. The maximum absolute atomic E-state index is 6.24. The summed E-state index contributed by atoms with van der Waals surface area (Å²) in [4.78, 5) is 2.14. The van der Waals surface area contributed by atoms with Crippen LogP contribution in [-0.2, 0) is 10.1 Å². The quantitative estimate of drug-likeness (QED) is 0.732. The highest BCUT2D eigenvalue weighted by Crippen LogP contribution is 2.30. The number of benzene rings is 1. The Balaban J connectivity index is 2.70. The van der Waals surface area contributed by atoms with Gasteiger partial charge in [0.15, 0.2) is 0 Å². The van der Waals surface area contributed by atoms with Crippen LogP contribution in [0.2, 0.25) is 5.02 Å². The van der Waals surface area contributed by atoms with E-state index in [9.17, 15) is 0 Å². The van der Waals surface area contributed by atoms with E-state index in [1.165, 1.54) is 5.56 Å². The Morgan fingerprint density at radius 2 is 2.12 bits per heavy atom. The zero-order chi connectivity index (χ0) is 12.8. The molecule has 0 aromatic heterocycles. The highest BCUT2D eigenvalue weighted by Gasteiger charge is 2.10. The number of rotatable bonds is 6. The SMILES string of the molecule is CC(C)OCCN(C)c1c(Cl)cccc1CBr. The standard InChI is InChI=1S/C13H19BrClNO/c1-10(2)17-8-7-16(3)13-11(9-14)5-4-6-12(13)15/h4-6,10H,7-9H2,1-3H3. The van der Waals surface area contributed by atoms with Gasteiger partial charge in [0.25, 0.3) is 0 Å². The van der Waals surface area contributed by atoms with Gasteiger partial charge in [0, 0.05) is 18.9 Å². The first-order chi connectivity index (χ1) is 8.06. The first-order valence-electron chi connectivity index (χ1n) is 5.72. The predicted molar refractivity (Wildman–Crippen MR) is 78.4 cm³/mol. The van der Waals surface area contributed by atoms with Crippen molar-refractivity contribution in [2.24, 2.45) is 0 Å². The van der Waals surface area contributed by atoms with Crippen molar-refractivity contribution in [2.75, 3.05) is 25.1 Å². The molecule has 0 heterocycles. The van der Waals surface area contributed by atoms with Gasteiger partial charge in [0.2, 0.25) is 0 Å². The molecule has 0 amide bonds. The van der Waals surface area contributed by atoms with Gasteiger partial charge in [0.05, 0.1) is 23.4 Å². The summed E-state index contributed by atoms with van der Waals surface area (Å²) in [6, 6.07) is 5.97. The second-order valence-electron chi connectivity index (χ2n) is 4.22. The van der Waals surface area contributed by atoms with Crippen molar-refractivity contribution in [2.45, 2.75) is 25.3 Å². The molecular weight excluding hydrogens is 302 g/mol. The van der Waals surface area contributed by atoms with Crippen LogP contribution < -0.4 is 4.90 Å². The van der Waals surface area contributed by atoms with Crippen LogP contribution in [0.4, 0.5) is 5.69 Å². The molecule has 0 saturated heterocycles.